The van der Waals surface area contributed by atoms with Crippen molar-refractivity contribution in [3.05, 3.63) is 35.9 Å². The third kappa shape index (κ3) is 3.71. The lowest BCUT2D eigenvalue weighted by Gasteiger charge is -2.25. The maximum Gasteiger partial charge on any atom is 0.227 e. The van der Waals surface area contributed by atoms with Crippen molar-refractivity contribution in [1.29, 1.82) is 0 Å². The Hall–Kier alpha value is -1.06. The second kappa shape index (κ2) is 6.92. The molecule has 2 rings (SSSR count). The molecule has 1 saturated heterocycles. The molecule has 1 aliphatic rings. The molecule has 0 aliphatic carbocycles. The lowest BCUT2D eigenvalue weighted by Crippen LogP contribution is -2.38. The van der Waals surface area contributed by atoms with Crippen LogP contribution in [0, 0.1) is 11.8 Å². The highest BCUT2D eigenvalue weighted by Crippen LogP contribution is 2.24. The first-order chi connectivity index (χ1) is 8.59. The Morgan fingerprint density at radius 3 is 2.53 bits per heavy atom. The maximum atomic E-state index is 12.4. The van der Waals surface area contributed by atoms with E-state index in [1.807, 2.05) is 42.2 Å². The quantitative estimate of drug-likeness (QED) is 0.926. The zero-order valence-corrected chi connectivity index (χ0v) is 12.4. The first-order valence-corrected chi connectivity index (χ1v) is 6.69. The van der Waals surface area contributed by atoms with E-state index < -0.39 is 0 Å². The summed E-state index contributed by atoms with van der Waals surface area (Å²) in [6.45, 7) is 5.88. The van der Waals surface area contributed by atoms with Crippen LogP contribution in [0.4, 0.5) is 0 Å². The number of carbonyl (C=O) groups excluding carboxylic acids is 1. The standard InChI is InChI=1S/C15H22N2O.ClH/c1-11-8-9-17(10-11)15(18)12(2)14(16)13-6-4-3-5-7-13;/h3-7,11-12,14H,8-10,16H2,1-2H3;1H. The molecule has 3 unspecified atom stereocenters. The van der Waals surface area contributed by atoms with Crippen molar-refractivity contribution >= 4 is 18.3 Å². The van der Waals surface area contributed by atoms with Crippen LogP contribution in [0.1, 0.15) is 31.9 Å². The Morgan fingerprint density at radius 1 is 1.37 bits per heavy atom. The van der Waals surface area contributed by atoms with Crippen LogP contribution in [0.3, 0.4) is 0 Å². The van der Waals surface area contributed by atoms with Crippen molar-refractivity contribution in [3.63, 3.8) is 0 Å². The Morgan fingerprint density at radius 2 is 2.00 bits per heavy atom. The molecule has 0 aromatic heterocycles. The second-order valence-electron chi connectivity index (χ2n) is 5.40. The van der Waals surface area contributed by atoms with E-state index in [0.29, 0.717) is 5.92 Å². The number of rotatable bonds is 3. The summed E-state index contributed by atoms with van der Waals surface area (Å²) in [5.41, 5.74) is 7.23. The van der Waals surface area contributed by atoms with Gasteiger partial charge in [0.15, 0.2) is 0 Å². The van der Waals surface area contributed by atoms with Crippen molar-refractivity contribution in [2.45, 2.75) is 26.3 Å². The highest BCUT2D eigenvalue weighted by atomic mass is 35.5. The van der Waals surface area contributed by atoms with Crippen molar-refractivity contribution in [2.24, 2.45) is 17.6 Å². The fourth-order valence-corrected chi connectivity index (χ4v) is 2.54. The van der Waals surface area contributed by atoms with Crippen LogP contribution in [0.2, 0.25) is 0 Å². The van der Waals surface area contributed by atoms with E-state index in [0.717, 1.165) is 25.1 Å². The fourth-order valence-electron chi connectivity index (χ4n) is 2.54. The number of hydrogen-bond donors (Lipinski definition) is 1. The van der Waals surface area contributed by atoms with E-state index in [1.165, 1.54) is 0 Å². The van der Waals surface area contributed by atoms with Gasteiger partial charge in [0.25, 0.3) is 0 Å². The molecule has 0 spiro atoms. The first-order valence-electron chi connectivity index (χ1n) is 6.69. The van der Waals surface area contributed by atoms with E-state index in [-0.39, 0.29) is 30.3 Å². The molecule has 1 heterocycles. The smallest absolute Gasteiger partial charge is 0.227 e. The molecule has 1 aromatic carbocycles. The van der Waals surface area contributed by atoms with E-state index in [9.17, 15) is 4.79 Å². The van der Waals surface area contributed by atoms with Crippen molar-refractivity contribution in [3.8, 4) is 0 Å². The van der Waals surface area contributed by atoms with E-state index in [1.54, 1.807) is 0 Å². The molecule has 19 heavy (non-hydrogen) atoms. The number of amides is 1. The number of carbonyl (C=O) groups is 1. The number of benzene rings is 1. The Kier molecular flexibility index (Phi) is 5.83. The van der Waals surface area contributed by atoms with E-state index in [4.69, 9.17) is 5.73 Å². The normalized spacial score (nSPS) is 21.6. The van der Waals surface area contributed by atoms with Crippen LogP contribution in [-0.4, -0.2) is 23.9 Å². The van der Waals surface area contributed by atoms with Crippen molar-refractivity contribution in [1.82, 2.24) is 4.90 Å². The lowest BCUT2D eigenvalue weighted by atomic mass is 9.94. The molecule has 4 heteroatoms. The Balaban J connectivity index is 0.00000180. The number of nitrogens with two attached hydrogens (primary N) is 1. The molecule has 1 aliphatic heterocycles. The van der Waals surface area contributed by atoms with Gasteiger partial charge in [0.05, 0.1) is 5.92 Å². The highest BCUT2D eigenvalue weighted by Gasteiger charge is 2.30. The van der Waals surface area contributed by atoms with Gasteiger partial charge < -0.3 is 10.6 Å². The zero-order valence-electron chi connectivity index (χ0n) is 11.6. The Labute approximate surface area is 121 Å². The summed E-state index contributed by atoms with van der Waals surface area (Å²) in [6.07, 6.45) is 1.11. The van der Waals surface area contributed by atoms with Gasteiger partial charge >= 0.3 is 0 Å². The fraction of sp³-hybridized carbons (Fsp3) is 0.533. The van der Waals surface area contributed by atoms with E-state index >= 15 is 0 Å². The van der Waals surface area contributed by atoms with Crippen LogP contribution in [0.15, 0.2) is 30.3 Å². The van der Waals surface area contributed by atoms with Crippen LogP contribution >= 0.6 is 12.4 Å². The van der Waals surface area contributed by atoms with Gasteiger partial charge in [0.2, 0.25) is 5.91 Å². The van der Waals surface area contributed by atoms with Gasteiger partial charge in [-0.3, -0.25) is 4.79 Å². The number of hydrogen-bond acceptors (Lipinski definition) is 2. The highest BCUT2D eigenvalue weighted by molar-refractivity contribution is 5.85. The summed E-state index contributed by atoms with van der Waals surface area (Å²) in [5, 5.41) is 0. The summed E-state index contributed by atoms with van der Waals surface area (Å²) in [6, 6.07) is 9.65. The number of halogens is 1. The second-order valence-corrected chi connectivity index (χ2v) is 5.40. The average Bonchev–Trinajstić information content (AvgIpc) is 2.84. The molecular formula is C15H23ClN2O. The molecule has 0 bridgehead atoms. The van der Waals surface area contributed by atoms with Crippen molar-refractivity contribution < 1.29 is 4.79 Å². The molecule has 1 amide bonds. The predicted octanol–water partition coefficient (Wildman–Crippen LogP) is 2.61. The third-order valence-electron chi connectivity index (χ3n) is 3.85. The predicted molar refractivity (Wildman–Crippen MR) is 80.1 cm³/mol. The minimum Gasteiger partial charge on any atom is -0.342 e. The van der Waals surface area contributed by atoms with Crippen LogP contribution in [-0.2, 0) is 4.79 Å². The van der Waals surface area contributed by atoms with E-state index in [2.05, 4.69) is 6.92 Å². The maximum absolute atomic E-state index is 12.4. The van der Waals surface area contributed by atoms with Crippen molar-refractivity contribution in [2.75, 3.05) is 13.1 Å². The van der Waals surface area contributed by atoms with Gasteiger partial charge in [0, 0.05) is 19.1 Å². The molecule has 1 fully saturated rings. The molecule has 1 aromatic rings. The molecule has 3 atom stereocenters. The molecule has 0 radical (unpaired) electrons. The third-order valence-corrected chi connectivity index (χ3v) is 3.85. The average molecular weight is 283 g/mol. The molecule has 2 N–H and O–H groups in total. The van der Waals surface area contributed by atoms with Crippen LogP contribution < -0.4 is 5.73 Å². The summed E-state index contributed by atoms with van der Waals surface area (Å²) in [7, 11) is 0. The number of nitrogens with zero attached hydrogens (tertiary/aromatic N) is 1. The van der Waals surface area contributed by atoms with Crippen LogP contribution in [0.5, 0.6) is 0 Å². The van der Waals surface area contributed by atoms with Gasteiger partial charge in [-0.1, -0.05) is 44.2 Å². The Bertz CT molecular complexity index is 410. The summed E-state index contributed by atoms with van der Waals surface area (Å²) in [5.74, 6) is 0.655. The monoisotopic (exact) mass is 282 g/mol. The largest absolute Gasteiger partial charge is 0.342 e. The lowest BCUT2D eigenvalue weighted by molar-refractivity contribution is -0.134. The summed E-state index contributed by atoms with van der Waals surface area (Å²) in [4.78, 5) is 14.3. The van der Waals surface area contributed by atoms with Gasteiger partial charge in [-0.15, -0.1) is 12.4 Å². The topological polar surface area (TPSA) is 46.3 Å². The minimum absolute atomic E-state index is 0. The van der Waals surface area contributed by atoms with Gasteiger partial charge in [-0.25, -0.2) is 0 Å². The summed E-state index contributed by atoms with van der Waals surface area (Å²) < 4.78 is 0. The number of likely N-dealkylation sites (tertiary alicyclic amines) is 1. The minimum atomic E-state index is -0.213. The first kappa shape index (κ1) is 16.0. The molecular weight excluding hydrogens is 260 g/mol. The SMILES string of the molecule is CC1CCN(C(=O)C(C)C(N)c2ccccc2)C1.Cl. The van der Waals surface area contributed by atoms with Gasteiger partial charge in [-0.2, -0.15) is 0 Å². The molecule has 0 saturated carbocycles. The van der Waals surface area contributed by atoms with Gasteiger partial charge in [0.1, 0.15) is 0 Å². The van der Waals surface area contributed by atoms with Gasteiger partial charge in [-0.05, 0) is 17.9 Å². The van der Waals surface area contributed by atoms with Crippen LogP contribution in [0.25, 0.3) is 0 Å². The molecule has 3 nitrogen and oxygen atoms in total. The molecule has 106 valence electrons. The summed E-state index contributed by atoms with van der Waals surface area (Å²) >= 11 is 0. The zero-order chi connectivity index (χ0) is 13.1.